The van der Waals surface area contributed by atoms with Crippen LogP contribution >= 0.6 is 0 Å². The molecular formula is C61H111N11O12. The maximum Gasteiger partial charge on any atom is 0.246 e. The Kier molecular flexibility index (Phi) is 31.3. The number of carbonyl (C=O) groups is 10. The number of hydrogen-bond acceptors (Lipinski definition) is 13. The number of aliphatic hydroxyl groups is 2. The average molecular weight is 1190 g/mol. The lowest BCUT2D eigenvalue weighted by atomic mass is 9.91. The molecule has 0 aromatic rings. The van der Waals surface area contributed by atoms with Crippen molar-refractivity contribution in [1.82, 2.24) is 55.6 Å². The van der Waals surface area contributed by atoms with Crippen LogP contribution in [0.2, 0.25) is 0 Å². The first-order valence-corrected chi connectivity index (χ1v) is 30.2. The highest BCUT2D eigenvalue weighted by Gasteiger charge is 2.46. The number of nitrogens with zero attached hydrogens (tertiary/aromatic N) is 7. The van der Waals surface area contributed by atoms with Gasteiger partial charge in [0.2, 0.25) is 59.1 Å². The molecule has 0 aromatic heterocycles. The normalized spacial score (nSPS) is 28.0. The summed E-state index contributed by atoms with van der Waals surface area (Å²) in [5.41, 5.74) is 0. The molecule has 1 rings (SSSR count). The fourth-order valence-corrected chi connectivity index (χ4v) is 10.9. The molecule has 1 aliphatic heterocycles. The third kappa shape index (κ3) is 20.8. The van der Waals surface area contributed by atoms with Crippen LogP contribution in [0, 0.1) is 41.4 Å². The number of rotatable bonds is 14. The summed E-state index contributed by atoms with van der Waals surface area (Å²) < 4.78 is 0. The van der Waals surface area contributed by atoms with E-state index in [9.17, 15) is 48.6 Å². The van der Waals surface area contributed by atoms with Gasteiger partial charge in [-0.05, 0) is 94.3 Å². The molecule has 23 nitrogen and oxygen atoms in total. The minimum Gasteiger partial charge on any atom is -0.390 e. The fourth-order valence-electron chi connectivity index (χ4n) is 10.9. The maximum atomic E-state index is 15.1. The van der Waals surface area contributed by atoms with E-state index in [1.807, 2.05) is 47.6 Å². The largest absolute Gasteiger partial charge is 0.390 e. The third-order valence-corrected chi connectivity index (χ3v) is 16.1. The van der Waals surface area contributed by atoms with Gasteiger partial charge in [-0.2, -0.15) is 0 Å². The Morgan fingerprint density at radius 3 is 1.42 bits per heavy atom. The lowest BCUT2D eigenvalue weighted by Gasteiger charge is -2.41. The van der Waals surface area contributed by atoms with Crippen molar-refractivity contribution >= 4 is 59.1 Å². The van der Waals surface area contributed by atoms with E-state index < -0.39 is 162 Å². The van der Waals surface area contributed by atoms with E-state index in [4.69, 9.17) is 0 Å². The van der Waals surface area contributed by atoms with E-state index in [1.54, 1.807) is 68.4 Å². The molecule has 482 valence electrons. The number of likely N-dealkylation sites (N-methyl/N-ethyl adjacent to an activating group) is 7. The van der Waals surface area contributed by atoms with Gasteiger partial charge in [-0.1, -0.05) is 109 Å². The van der Waals surface area contributed by atoms with E-state index in [0.717, 1.165) is 9.80 Å². The van der Waals surface area contributed by atoms with E-state index in [-0.39, 0.29) is 43.4 Å². The van der Waals surface area contributed by atoms with Gasteiger partial charge in [0.15, 0.2) is 0 Å². The summed E-state index contributed by atoms with van der Waals surface area (Å²) >= 11 is 0. The van der Waals surface area contributed by atoms with Crippen molar-refractivity contribution in [2.24, 2.45) is 41.4 Å². The zero-order valence-corrected chi connectivity index (χ0v) is 55.5. The van der Waals surface area contributed by atoms with Crippen LogP contribution in [-0.4, -0.2) is 232 Å². The van der Waals surface area contributed by atoms with Gasteiger partial charge in [0.05, 0.1) is 24.7 Å². The summed E-state index contributed by atoms with van der Waals surface area (Å²) in [5, 5.41) is 35.2. The molecule has 1 unspecified atom stereocenters. The van der Waals surface area contributed by atoms with E-state index in [1.165, 1.54) is 87.7 Å². The number of hydrogen-bond donors (Lipinski definition) is 6. The molecule has 0 bridgehead atoms. The van der Waals surface area contributed by atoms with Crippen molar-refractivity contribution in [2.75, 3.05) is 55.9 Å². The standard InChI is InChI=1S/C61H111N11O12/c1-25-27-28-39(15)51(74)50-55(78)64-42(26-2)57(80)66(18)32-46(73)70(22)48(37(11)12)54(77)65-47(36(9)10)60(83)67(19)43(29-33(3)4)53(76)62-40(16)52(75)63-41(17)56(79)68(20)44(30-34(5)6)58(81)69(21)45(31-35(7)8)59(82)71(23)49(38(13)14)61(84)72(50)24/h25,27,33-45,47-51,54,65,74,77H,26,28-32H2,1-24H3,(H,62,76)(H,63,75)(H,64,78)/b27-25+/t39-,40+,41-,42+,43+,44+,45-,47+,48+,49+,50+,51-,54?/m1/s1. The number of allylic oxidation sites excluding steroid dienone is 2. The smallest absolute Gasteiger partial charge is 0.246 e. The molecule has 84 heavy (non-hydrogen) atoms. The Morgan fingerprint density at radius 2 is 0.964 bits per heavy atom. The highest BCUT2D eigenvalue weighted by atomic mass is 16.3. The lowest BCUT2D eigenvalue weighted by Crippen LogP contribution is -2.63. The van der Waals surface area contributed by atoms with Crippen molar-refractivity contribution in [3.8, 4) is 0 Å². The van der Waals surface area contributed by atoms with Crippen LogP contribution in [0.1, 0.15) is 150 Å². The van der Waals surface area contributed by atoms with Gasteiger partial charge in [0.1, 0.15) is 54.6 Å². The molecule has 0 saturated carbocycles. The van der Waals surface area contributed by atoms with E-state index >= 15 is 9.59 Å². The fraction of sp³-hybridized carbons (Fsp3) is 0.803. The maximum absolute atomic E-state index is 15.1. The van der Waals surface area contributed by atoms with Gasteiger partial charge in [-0.3, -0.25) is 53.3 Å². The second kappa shape index (κ2) is 34.5. The Bertz CT molecular complexity index is 2260. The summed E-state index contributed by atoms with van der Waals surface area (Å²) in [6.45, 7) is 29.3. The summed E-state index contributed by atoms with van der Waals surface area (Å²) in [4.78, 5) is 154. The molecule has 0 radical (unpaired) electrons. The SMILES string of the molecule is C/C=C/C[C@@H](C)[C@@H](O)[C@H]1C(=O)N[C@@H](CC)C(=O)N(C)CC(=O)N(C)[C@@H](C(C)C)C(O)N[C@@H](C(C)C)C(=O)N(C)[C@@H](CC(C)C)C(=O)N[C@@H](C)C(=O)N[C@H](C)C(=O)N(C)[C@@H](CC(C)C)C(=O)N(C)[C@H](CC(C)C)C(=O)N(C)[C@@H](C(C)C)C(=O)N1C. The molecule has 1 fully saturated rings. The highest BCUT2D eigenvalue weighted by Crippen LogP contribution is 2.26. The van der Waals surface area contributed by atoms with Crippen LogP contribution < -0.4 is 21.3 Å². The average Bonchev–Trinajstić information content (AvgIpc) is 3.42. The topological polar surface area (TPSA) is 282 Å². The summed E-state index contributed by atoms with van der Waals surface area (Å²) in [5.74, 6) is -9.05. The van der Waals surface area contributed by atoms with Crippen LogP contribution in [0.15, 0.2) is 12.2 Å². The molecular weight excluding hydrogens is 1080 g/mol. The van der Waals surface area contributed by atoms with E-state index in [0.29, 0.717) is 6.42 Å². The molecule has 0 aliphatic carbocycles. The number of nitrogens with one attached hydrogen (secondary N) is 4. The quantitative estimate of drug-likeness (QED) is 0.137. The van der Waals surface area contributed by atoms with Gasteiger partial charge in [0, 0.05) is 49.3 Å². The highest BCUT2D eigenvalue weighted by molar-refractivity contribution is 5.98. The van der Waals surface area contributed by atoms with Crippen molar-refractivity contribution < 1.29 is 58.2 Å². The predicted molar refractivity (Wildman–Crippen MR) is 325 cm³/mol. The monoisotopic (exact) mass is 1190 g/mol. The Morgan fingerprint density at radius 1 is 0.512 bits per heavy atom. The molecule has 1 saturated heterocycles. The van der Waals surface area contributed by atoms with Crippen LogP contribution in [0.4, 0.5) is 0 Å². The Balaban J connectivity index is 4.30. The van der Waals surface area contributed by atoms with Crippen molar-refractivity contribution in [1.29, 1.82) is 0 Å². The van der Waals surface area contributed by atoms with Gasteiger partial charge in [-0.25, -0.2) is 0 Å². The number of carbonyl (C=O) groups excluding carboxylic acids is 10. The predicted octanol–water partition coefficient (Wildman–Crippen LogP) is 2.67. The van der Waals surface area contributed by atoms with Gasteiger partial charge in [-0.15, -0.1) is 0 Å². The number of amides is 10. The first-order valence-electron chi connectivity index (χ1n) is 30.2. The van der Waals surface area contributed by atoms with Gasteiger partial charge < -0.3 is 60.5 Å². The third-order valence-electron chi connectivity index (χ3n) is 16.1. The molecule has 10 amide bonds. The molecule has 1 aliphatic rings. The summed E-state index contributed by atoms with van der Waals surface area (Å²) in [7, 11) is 10.0. The Hall–Kier alpha value is -5.68. The minimum absolute atomic E-state index is 0.0356. The first-order chi connectivity index (χ1) is 38.7. The number of aliphatic hydroxyl groups excluding tert-OH is 2. The van der Waals surface area contributed by atoms with Crippen LogP contribution in [0.3, 0.4) is 0 Å². The minimum atomic E-state index is -1.60. The second-order valence-electron chi connectivity index (χ2n) is 25.8. The first kappa shape index (κ1) is 76.3. The zero-order valence-electron chi connectivity index (χ0n) is 55.5. The molecule has 0 aromatic carbocycles. The lowest BCUT2D eigenvalue weighted by molar-refractivity contribution is -0.157. The van der Waals surface area contributed by atoms with Crippen molar-refractivity contribution in [2.45, 2.75) is 223 Å². The second-order valence-corrected chi connectivity index (χ2v) is 25.8. The van der Waals surface area contributed by atoms with Gasteiger partial charge >= 0.3 is 0 Å². The molecule has 0 spiro atoms. The molecule has 23 heteroatoms. The van der Waals surface area contributed by atoms with Gasteiger partial charge in [0.25, 0.3) is 0 Å². The van der Waals surface area contributed by atoms with Crippen LogP contribution in [-0.2, 0) is 47.9 Å². The van der Waals surface area contributed by atoms with Crippen molar-refractivity contribution in [3.05, 3.63) is 12.2 Å². The Labute approximate surface area is 503 Å². The van der Waals surface area contributed by atoms with Crippen LogP contribution in [0.5, 0.6) is 0 Å². The molecule has 13 atom stereocenters. The molecule has 1 heterocycles. The van der Waals surface area contributed by atoms with Crippen molar-refractivity contribution in [3.63, 3.8) is 0 Å². The molecule has 6 N–H and O–H groups in total. The van der Waals surface area contributed by atoms with Crippen LogP contribution in [0.25, 0.3) is 0 Å². The summed E-state index contributed by atoms with van der Waals surface area (Å²) in [6.07, 6.45) is 1.44. The summed E-state index contributed by atoms with van der Waals surface area (Å²) in [6, 6.07) is -12.0. The van der Waals surface area contributed by atoms with E-state index in [2.05, 4.69) is 21.3 Å². The zero-order chi connectivity index (χ0) is 65.3.